The maximum absolute atomic E-state index is 12.2. The largest absolute Gasteiger partial charge is 0.389 e. The highest BCUT2D eigenvalue weighted by Crippen LogP contribution is 2.17. The summed E-state index contributed by atoms with van der Waals surface area (Å²) in [6, 6.07) is 5.56. The molecule has 1 aromatic heterocycles. The van der Waals surface area contributed by atoms with Crippen LogP contribution in [0.3, 0.4) is 0 Å². The maximum Gasteiger partial charge on any atom is 0.241 e. The number of aromatic amines is 1. The van der Waals surface area contributed by atoms with Gasteiger partial charge in [-0.25, -0.2) is 18.1 Å². The van der Waals surface area contributed by atoms with Crippen LogP contribution in [0.2, 0.25) is 0 Å². The molecule has 3 N–H and O–H groups in total. The molecule has 7 nitrogen and oxygen atoms in total. The van der Waals surface area contributed by atoms with Crippen LogP contribution < -0.4 is 4.72 Å². The van der Waals surface area contributed by atoms with Crippen molar-refractivity contribution in [3.63, 3.8) is 0 Å². The molecular formula is C12H16N4O3S. The summed E-state index contributed by atoms with van der Waals surface area (Å²) in [7, 11) is -3.65. The number of aromatic nitrogens is 3. The van der Waals surface area contributed by atoms with Gasteiger partial charge in [-0.05, 0) is 31.5 Å². The Morgan fingerprint density at radius 3 is 2.40 bits per heavy atom. The molecule has 0 saturated heterocycles. The van der Waals surface area contributed by atoms with E-state index >= 15 is 0 Å². The minimum Gasteiger partial charge on any atom is -0.389 e. The van der Waals surface area contributed by atoms with E-state index in [4.69, 9.17) is 0 Å². The third-order valence-electron chi connectivity index (χ3n) is 2.85. The van der Waals surface area contributed by atoms with Crippen molar-refractivity contribution in [1.29, 1.82) is 0 Å². The summed E-state index contributed by atoms with van der Waals surface area (Å²) >= 11 is 0. The lowest BCUT2D eigenvalue weighted by Gasteiger charge is -2.12. The van der Waals surface area contributed by atoms with Crippen molar-refractivity contribution in [2.75, 3.05) is 0 Å². The van der Waals surface area contributed by atoms with E-state index in [1.54, 1.807) is 26.0 Å². The van der Waals surface area contributed by atoms with E-state index in [1.807, 2.05) is 0 Å². The average molecular weight is 296 g/mol. The summed E-state index contributed by atoms with van der Waals surface area (Å²) in [5, 5.41) is 15.7. The molecule has 0 aliphatic heterocycles. The normalized spacial score (nSPS) is 14.9. The van der Waals surface area contributed by atoms with E-state index in [0.29, 0.717) is 11.4 Å². The summed E-state index contributed by atoms with van der Waals surface area (Å²) in [4.78, 5) is 4.04. The minimum absolute atomic E-state index is 0.133. The Labute approximate surface area is 117 Å². The molecule has 20 heavy (non-hydrogen) atoms. The second-order valence-corrected chi connectivity index (χ2v) is 6.17. The Morgan fingerprint density at radius 2 is 1.90 bits per heavy atom. The van der Waals surface area contributed by atoms with Crippen LogP contribution in [0.1, 0.15) is 37.4 Å². The molecule has 0 aliphatic carbocycles. The van der Waals surface area contributed by atoms with Gasteiger partial charge in [-0.2, -0.15) is 5.10 Å². The lowest BCUT2D eigenvalue weighted by molar-refractivity contribution is 0.199. The fraction of sp³-hybridized carbons (Fsp3) is 0.333. The van der Waals surface area contributed by atoms with Crippen molar-refractivity contribution in [3.8, 4) is 0 Å². The van der Waals surface area contributed by atoms with Gasteiger partial charge in [0.25, 0.3) is 0 Å². The molecule has 2 atom stereocenters. The number of nitrogens with zero attached hydrogens (tertiary/aromatic N) is 2. The Hall–Kier alpha value is -1.77. The first-order chi connectivity index (χ1) is 9.40. The number of benzene rings is 1. The summed E-state index contributed by atoms with van der Waals surface area (Å²) in [6.45, 7) is 3.29. The Kier molecular flexibility index (Phi) is 4.17. The van der Waals surface area contributed by atoms with Crippen LogP contribution in [0.25, 0.3) is 0 Å². The first-order valence-corrected chi connectivity index (χ1v) is 7.54. The predicted octanol–water partition coefficient (Wildman–Crippen LogP) is 0.898. The van der Waals surface area contributed by atoms with E-state index in [9.17, 15) is 13.5 Å². The van der Waals surface area contributed by atoms with Gasteiger partial charge in [0.15, 0.2) is 0 Å². The first-order valence-electron chi connectivity index (χ1n) is 6.06. The van der Waals surface area contributed by atoms with E-state index in [2.05, 4.69) is 19.9 Å². The third kappa shape index (κ3) is 3.21. The molecule has 2 rings (SSSR count). The molecule has 8 heteroatoms. The topological polar surface area (TPSA) is 108 Å². The second kappa shape index (κ2) is 5.70. The SMILES string of the molecule is CC(O)c1ccc(S(=O)(=O)NC(C)c2ncn[nH]2)cc1. The maximum atomic E-state index is 12.2. The lowest BCUT2D eigenvalue weighted by Crippen LogP contribution is -2.27. The zero-order chi connectivity index (χ0) is 14.8. The number of aliphatic hydroxyl groups excluding tert-OH is 1. The minimum atomic E-state index is -3.65. The second-order valence-electron chi connectivity index (χ2n) is 4.46. The molecule has 2 unspecified atom stereocenters. The van der Waals surface area contributed by atoms with Crippen LogP contribution in [0, 0.1) is 0 Å². The van der Waals surface area contributed by atoms with Crippen molar-refractivity contribution in [2.24, 2.45) is 0 Å². The van der Waals surface area contributed by atoms with Gasteiger partial charge >= 0.3 is 0 Å². The van der Waals surface area contributed by atoms with Crippen molar-refractivity contribution in [3.05, 3.63) is 42.0 Å². The molecular weight excluding hydrogens is 280 g/mol. The van der Waals surface area contributed by atoms with Gasteiger partial charge in [0, 0.05) is 0 Å². The van der Waals surface area contributed by atoms with Crippen LogP contribution in [0.4, 0.5) is 0 Å². The van der Waals surface area contributed by atoms with Gasteiger partial charge in [0.1, 0.15) is 12.2 Å². The molecule has 0 amide bonds. The Morgan fingerprint density at radius 1 is 1.25 bits per heavy atom. The molecule has 1 aromatic carbocycles. The fourth-order valence-electron chi connectivity index (χ4n) is 1.71. The van der Waals surface area contributed by atoms with Crippen molar-refractivity contribution >= 4 is 10.0 Å². The van der Waals surface area contributed by atoms with Crippen molar-refractivity contribution < 1.29 is 13.5 Å². The molecule has 2 aromatic rings. The van der Waals surface area contributed by atoms with Crippen molar-refractivity contribution in [1.82, 2.24) is 19.9 Å². The summed E-state index contributed by atoms with van der Waals surface area (Å²) < 4.78 is 26.9. The highest BCUT2D eigenvalue weighted by atomic mass is 32.2. The molecule has 0 radical (unpaired) electrons. The van der Waals surface area contributed by atoms with Crippen LogP contribution in [0.15, 0.2) is 35.5 Å². The molecule has 0 spiro atoms. The van der Waals surface area contributed by atoms with E-state index in [1.165, 1.54) is 18.5 Å². The molecule has 108 valence electrons. The predicted molar refractivity (Wildman–Crippen MR) is 72.2 cm³/mol. The van der Waals surface area contributed by atoms with Gasteiger partial charge < -0.3 is 5.11 Å². The Bertz CT molecular complexity index is 651. The smallest absolute Gasteiger partial charge is 0.241 e. The van der Waals surface area contributed by atoms with Crippen LogP contribution in [0.5, 0.6) is 0 Å². The lowest BCUT2D eigenvalue weighted by atomic mass is 10.1. The summed E-state index contributed by atoms with van der Waals surface area (Å²) in [5.41, 5.74) is 0.659. The number of sulfonamides is 1. The van der Waals surface area contributed by atoms with Crippen LogP contribution in [-0.4, -0.2) is 28.7 Å². The standard InChI is InChI=1S/C12H16N4O3S/c1-8(12-13-7-14-15-12)16-20(18,19)11-5-3-10(4-6-11)9(2)17/h3-9,16-17H,1-2H3,(H,13,14,15). The number of H-pyrrole nitrogens is 1. The van der Waals surface area contributed by atoms with E-state index < -0.39 is 22.2 Å². The highest BCUT2D eigenvalue weighted by molar-refractivity contribution is 7.89. The molecule has 1 heterocycles. The van der Waals surface area contributed by atoms with Gasteiger partial charge in [0.05, 0.1) is 17.0 Å². The molecule has 0 bridgehead atoms. The number of hydrogen-bond donors (Lipinski definition) is 3. The zero-order valence-electron chi connectivity index (χ0n) is 11.1. The van der Waals surface area contributed by atoms with Crippen LogP contribution >= 0.6 is 0 Å². The molecule has 0 saturated carbocycles. The number of aliphatic hydroxyl groups is 1. The summed E-state index contributed by atoms with van der Waals surface area (Å²) in [6.07, 6.45) is 0.685. The van der Waals surface area contributed by atoms with E-state index in [-0.39, 0.29) is 4.90 Å². The zero-order valence-corrected chi connectivity index (χ0v) is 11.9. The highest BCUT2D eigenvalue weighted by Gasteiger charge is 2.20. The number of hydrogen-bond acceptors (Lipinski definition) is 5. The quantitative estimate of drug-likeness (QED) is 0.759. The monoisotopic (exact) mass is 296 g/mol. The third-order valence-corrected chi connectivity index (χ3v) is 4.41. The van der Waals surface area contributed by atoms with Gasteiger partial charge in [0.2, 0.25) is 10.0 Å². The average Bonchev–Trinajstić information content (AvgIpc) is 2.92. The van der Waals surface area contributed by atoms with Crippen LogP contribution in [-0.2, 0) is 10.0 Å². The number of rotatable bonds is 5. The van der Waals surface area contributed by atoms with Gasteiger partial charge in [-0.1, -0.05) is 12.1 Å². The van der Waals surface area contributed by atoms with E-state index in [0.717, 1.165) is 0 Å². The van der Waals surface area contributed by atoms with Crippen molar-refractivity contribution in [2.45, 2.75) is 30.9 Å². The van der Waals surface area contributed by atoms with Gasteiger partial charge in [-0.3, -0.25) is 5.10 Å². The fourth-order valence-corrected chi connectivity index (χ4v) is 2.91. The summed E-state index contributed by atoms with van der Waals surface area (Å²) in [5.74, 6) is 0.439. The molecule has 0 fully saturated rings. The Balaban J connectivity index is 2.18. The molecule has 0 aliphatic rings. The number of nitrogens with one attached hydrogen (secondary N) is 2. The van der Waals surface area contributed by atoms with Gasteiger partial charge in [-0.15, -0.1) is 0 Å². The first kappa shape index (κ1) is 14.6.